The van der Waals surface area contributed by atoms with Gasteiger partial charge in [0.15, 0.2) is 11.6 Å². The molecule has 5 heteroatoms. The van der Waals surface area contributed by atoms with Gasteiger partial charge in [-0.25, -0.2) is 4.39 Å². The summed E-state index contributed by atoms with van der Waals surface area (Å²) in [6, 6.07) is 4.28. The summed E-state index contributed by atoms with van der Waals surface area (Å²) in [4.78, 5) is 13.3. The molecule has 2 unspecified atom stereocenters. The van der Waals surface area contributed by atoms with E-state index in [9.17, 15) is 14.3 Å². The minimum atomic E-state index is -0.800. The lowest BCUT2D eigenvalue weighted by atomic mass is 9.90. The van der Waals surface area contributed by atoms with Crippen molar-refractivity contribution in [2.45, 2.75) is 32.4 Å². The Kier molecular flexibility index (Phi) is 4.60. The molecule has 0 spiro atoms. The number of halogens is 1. The molecule has 1 fully saturated rings. The number of ether oxygens (including phenoxy) is 1. The molecule has 0 aromatic heterocycles. The van der Waals surface area contributed by atoms with Crippen molar-refractivity contribution in [2.24, 2.45) is 5.92 Å². The van der Waals surface area contributed by atoms with Crippen LogP contribution in [0.2, 0.25) is 0 Å². The fraction of sp³-hybridized carbons (Fsp3) is 0.533. The van der Waals surface area contributed by atoms with Crippen LogP contribution in [0.4, 0.5) is 4.39 Å². The summed E-state index contributed by atoms with van der Waals surface area (Å²) in [5.74, 6) is -0.895. The highest BCUT2D eigenvalue weighted by Gasteiger charge is 2.34. The van der Waals surface area contributed by atoms with E-state index in [1.54, 1.807) is 12.1 Å². The number of piperidine rings is 1. The summed E-state index contributed by atoms with van der Waals surface area (Å²) in [6.07, 6.45) is 1.90. The van der Waals surface area contributed by atoms with E-state index in [4.69, 9.17) is 4.74 Å². The number of carbonyl (C=O) groups is 1. The van der Waals surface area contributed by atoms with Crippen LogP contribution >= 0.6 is 0 Å². The van der Waals surface area contributed by atoms with Gasteiger partial charge in [-0.3, -0.25) is 9.69 Å². The first-order valence-corrected chi connectivity index (χ1v) is 6.82. The second-order valence-electron chi connectivity index (χ2n) is 5.34. The molecular formula is C15H20FNO3. The predicted molar refractivity (Wildman–Crippen MR) is 73.2 cm³/mol. The van der Waals surface area contributed by atoms with Gasteiger partial charge >= 0.3 is 5.97 Å². The Morgan fingerprint density at radius 2 is 2.30 bits per heavy atom. The quantitative estimate of drug-likeness (QED) is 0.921. The highest BCUT2D eigenvalue weighted by Crippen LogP contribution is 2.26. The number of rotatable bonds is 4. The van der Waals surface area contributed by atoms with Crippen molar-refractivity contribution < 1.29 is 19.0 Å². The van der Waals surface area contributed by atoms with E-state index in [2.05, 4.69) is 0 Å². The molecular weight excluding hydrogens is 261 g/mol. The third-order valence-electron chi connectivity index (χ3n) is 3.89. The monoisotopic (exact) mass is 281 g/mol. The van der Waals surface area contributed by atoms with Crippen LogP contribution < -0.4 is 4.74 Å². The molecule has 1 N–H and O–H groups in total. The van der Waals surface area contributed by atoms with Crippen LogP contribution in [0.1, 0.15) is 25.3 Å². The van der Waals surface area contributed by atoms with Crippen molar-refractivity contribution in [2.75, 3.05) is 13.7 Å². The zero-order chi connectivity index (χ0) is 14.7. The average molecular weight is 281 g/mol. The predicted octanol–water partition coefficient (Wildman–Crippen LogP) is 2.52. The molecule has 20 heavy (non-hydrogen) atoms. The maximum absolute atomic E-state index is 13.7. The molecule has 0 saturated carbocycles. The van der Waals surface area contributed by atoms with Gasteiger partial charge < -0.3 is 9.84 Å². The molecule has 1 aromatic carbocycles. The lowest BCUT2D eigenvalue weighted by molar-refractivity contribution is -0.147. The summed E-state index contributed by atoms with van der Waals surface area (Å²) in [5.41, 5.74) is 0.767. The molecule has 0 amide bonds. The number of carboxylic acids is 1. The van der Waals surface area contributed by atoms with Crippen LogP contribution in [0, 0.1) is 11.7 Å². The zero-order valence-corrected chi connectivity index (χ0v) is 11.8. The molecule has 2 rings (SSSR count). The second-order valence-corrected chi connectivity index (χ2v) is 5.34. The number of likely N-dealkylation sites (tertiary alicyclic amines) is 1. The maximum Gasteiger partial charge on any atom is 0.321 e. The van der Waals surface area contributed by atoms with Crippen molar-refractivity contribution in [3.8, 4) is 5.75 Å². The van der Waals surface area contributed by atoms with E-state index in [0.29, 0.717) is 6.54 Å². The van der Waals surface area contributed by atoms with E-state index in [-0.39, 0.29) is 11.7 Å². The number of aliphatic carboxylic acids is 1. The normalized spacial score (nSPS) is 23.6. The summed E-state index contributed by atoms with van der Waals surface area (Å²) in [7, 11) is 1.42. The van der Waals surface area contributed by atoms with Crippen LogP contribution in [0.15, 0.2) is 18.2 Å². The van der Waals surface area contributed by atoms with Crippen LogP contribution in [0.3, 0.4) is 0 Å². The van der Waals surface area contributed by atoms with Crippen molar-refractivity contribution >= 4 is 5.97 Å². The van der Waals surface area contributed by atoms with Gasteiger partial charge in [-0.05, 0) is 43.0 Å². The average Bonchev–Trinajstić information content (AvgIpc) is 2.38. The standard InChI is InChI=1S/C15H20FNO3/c1-10-4-3-7-17(14(10)15(18)19)9-11-5-6-13(20-2)12(16)8-11/h5-6,8,10,14H,3-4,7,9H2,1-2H3,(H,18,19). The van der Waals surface area contributed by atoms with Crippen molar-refractivity contribution in [3.63, 3.8) is 0 Å². The molecule has 1 aromatic rings. The number of hydrogen-bond acceptors (Lipinski definition) is 3. The smallest absolute Gasteiger partial charge is 0.321 e. The first kappa shape index (κ1) is 14.8. The SMILES string of the molecule is COc1ccc(CN2CCCC(C)C2C(=O)O)cc1F. The van der Waals surface area contributed by atoms with E-state index < -0.39 is 17.8 Å². The lowest BCUT2D eigenvalue weighted by Crippen LogP contribution is -2.48. The van der Waals surface area contributed by atoms with Crippen LogP contribution in [-0.4, -0.2) is 35.7 Å². The van der Waals surface area contributed by atoms with Gasteiger partial charge in [0.25, 0.3) is 0 Å². The summed E-state index contributed by atoms with van der Waals surface area (Å²) in [6.45, 7) is 3.14. The third kappa shape index (κ3) is 3.10. The van der Waals surface area contributed by atoms with Crippen molar-refractivity contribution in [3.05, 3.63) is 29.6 Å². The molecule has 1 aliphatic rings. The molecule has 0 radical (unpaired) electrons. The Bertz CT molecular complexity index is 492. The Balaban J connectivity index is 2.15. The van der Waals surface area contributed by atoms with Gasteiger partial charge in [-0.15, -0.1) is 0 Å². The fourth-order valence-electron chi connectivity index (χ4n) is 2.89. The summed E-state index contributed by atoms with van der Waals surface area (Å²) >= 11 is 0. The minimum absolute atomic E-state index is 0.115. The van der Waals surface area contributed by atoms with E-state index >= 15 is 0 Å². The zero-order valence-electron chi connectivity index (χ0n) is 11.8. The number of carboxylic acid groups (broad SMARTS) is 1. The van der Waals surface area contributed by atoms with Gasteiger partial charge in [0.05, 0.1) is 7.11 Å². The van der Waals surface area contributed by atoms with E-state index in [0.717, 1.165) is 24.9 Å². The second kappa shape index (κ2) is 6.22. The molecule has 0 aliphatic carbocycles. The number of nitrogens with zero attached hydrogens (tertiary/aromatic N) is 1. The first-order chi connectivity index (χ1) is 9.52. The first-order valence-electron chi connectivity index (χ1n) is 6.82. The molecule has 110 valence electrons. The van der Waals surface area contributed by atoms with Crippen molar-refractivity contribution in [1.29, 1.82) is 0 Å². The fourth-order valence-corrected chi connectivity index (χ4v) is 2.89. The van der Waals surface area contributed by atoms with Crippen LogP contribution in [0.25, 0.3) is 0 Å². The van der Waals surface area contributed by atoms with Gasteiger partial charge in [0.2, 0.25) is 0 Å². The molecule has 1 saturated heterocycles. The topological polar surface area (TPSA) is 49.8 Å². The molecule has 0 bridgehead atoms. The van der Waals surface area contributed by atoms with Crippen molar-refractivity contribution in [1.82, 2.24) is 4.90 Å². The summed E-state index contributed by atoms with van der Waals surface area (Å²) in [5, 5.41) is 9.36. The highest BCUT2D eigenvalue weighted by molar-refractivity contribution is 5.74. The number of benzene rings is 1. The van der Waals surface area contributed by atoms with E-state index in [1.165, 1.54) is 13.2 Å². The van der Waals surface area contributed by atoms with Gasteiger partial charge in [0, 0.05) is 6.54 Å². The van der Waals surface area contributed by atoms with Gasteiger partial charge in [-0.2, -0.15) is 0 Å². The molecule has 2 atom stereocenters. The Labute approximate surface area is 118 Å². The number of methoxy groups -OCH3 is 1. The Morgan fingerprint density at radius 1 is 1.55 bits per heavy atom. The summed E-state index contributed by atoms with van der Waals surface area (Å²) < 4.78 is 18.6. The maximum atomic E-state index is 13.7. The molecule has 4 nitrogen and oxygen atoms in total. The molecule has 1 heterocycles. The minimum Gasteiger partial charge on any atom is -0.494 e. The molecule has 1 aliphatic heterocycles. The third-order valence-corrected chi connectivity index (χ3v) is 3.89. The Morgan fingerprint density at radius 3 is 2.90 bits per heavy atom. The van der Waals surface area contributed by atoms with Crippen LogP contribution in [0.5, 0.6) is 5.75 Å². The highest BCUT2D eigenvalue weighted by atomic mass is 19.1. The van der Waals surface area contributed by atoms with Gasteiger partial charge in [0.1, 0.15) is 6.04 Å². The van der Waals surface area contributed by atoms with Gasteiger partial charge in [-0.1, -0.05) is 13.0 Å². The number of hydrogen-bond donors (Lipinski definition) is 1. The lowest BCUT2D eigenvalue weighted by Gasteiger charge is -2.37. The van der Waals surface area contributed by atoms with E-state index in [1.807, 2.05) is 11.8 Å². The Hall–Kier alpha value is -1.62. The largest absolute Gasteiger partial charge is 0.494 e. The van der Waals surface area contributed by atoms with Crippen LogP contribution in [-0.2, 0) is 11.3 Å².